The summed E-state index contributed by atoms with van der Waals surface area (Å²) in [5.74, 6) is 0. The predicted octanol–water partition coefficient (Wildman–Crippen LogP) is -1.12. The van der Waals surface area contributed by atoms with E-state index in [4.69, 9.17) is 0 Å². The molecule has 0 bridgehead atoms. The summed E-state index contributed by atoms with van der Waals surface area (Å²) >= 11 is 0. The zero-order valence-electron chi connectivity index (χ0n) is 7.85. The predicted molar refractivity (Wildman–Crippen MR) is 50.4 cm³/mol. The van der Waals surface area contributed by atoms with Gasteiger partial charge in [-0.3, -0.25) is 4.79 Å². The first kappa shape index (κ1) is 10.7. The van der Waals surface area contributed by atoms with Gasteiger partial charge < -0.3 is 20.1 Å². The van der Waals surface area contributed by atoms with Gasteiger partial charge in [-0.15, -0.1) is 0 Å². The Labute approximate surface area is 82.4 Å². The van der Waals surface area contributed by atoms with E-state index < -0.39 is 6.10 Å². The molecule has 0 aromatic carbocycles. The Morgan fingerprint density at radius 1 is 1.64 bits per heavy atom. The molecule has 1 amide bonds. The molecule has 0 saturated carbocycles. The molecule has 0 radical (unpaired) electrons. The van der Waals surface area contributed by atoms with E-state index in [1.54, 1.807) is 4.90 Å². The monoisotopic (exact) mass is 198 g/mol. The molecule has 0 unspecified atom stereocenters. The van der Waals surface area contributed by atoms with Crippen LogP contribution in [0.3, 0.4) is 0 Å². The number of β-amino-alcohol motifs (C(OH)–C–C–N with tert-alkyl or cyclic N) is 1. The Hall–Kier alpha value is -1.36. The fraction of sp³-hybridized carbons (Fsp3) is 0.556. The van der Waals surface area contributed by atoms with Crippen molar-refractivity contribution in [3.8, 4) is 0 Å². The van der Waals surface area contributed by atoms with Gasteiger partial charge in [-0.2, -0.15) is 0 Å². The third-order valence-corrected chi connectivity index (χ3v) is 2.27. The van der Waals surface area contributed by atoms with E-state index in [1.165, 1.54) is 0 Å². The van der Waals surface area contributed by atoms with Crippen molar-refractivity contribution in [2.24, 2.45) is 0 Å². The number of aliphatic hydroxyl groups is 1. The van der Waals surface area contributed by atoms with E-state index in [2.05, 4.69) is 11.9 Å². The van der Waals surface area contributed by atoms with Crippen LogP contribution in [0.15, 0.2) is 12.3 Å². The molecule has 2 N–H and O–H groups in total. The minimum Gasteiger partial charge on any atom is -0.391 e. The first-order valence-corrected chi connectivity index (χ1v) is 4.44. The van der Waals surface area contributed by atoms with Gasteiger partial charge in [0, 0.05) is 18.7 Å². The second kappa shape index (κ2) is 4.76. The average Bonchev–Trinajstić information content (AvgIpc) is 2.56. The van der Waals surface area contributed by atoms with Crippen LogP contribution < -0.4 is 5.32 Å². The van der Waals surface area contributed by atoms with Crippen LogP contribution in [0.2, 0.25) is 0 Å². The Morgan fingerprint density at radius 3 is 2.93 bits per heavy atom. The third-order valence-electron chi connectivity index (χ3n) is 2.27. The van der Waals surface area contributed by atoms with Crippen LogP contribution in [-0.4, -0.2) is 47.9 Å². The maximum Gasteiger partial charge on any atom is 0.207 e. The smallest absolute Gasteiger partial charge is 0.207 e. The quantitative estimate of drug-likeness (QED) is 0.549. The highest BCUT2D eigenvalue weighted by Gasteiger charge is 2.30. The molecule has 1 rings (SSSR count). The summed E-state index contributed by atoms with van der Waals surface area (Å²) in [7, 11) is 0. The Kier molecular flexibility index (Phi) is 3.64. The Morgan fingerprint density at radius 2 is 2.36 bits per heavy atom. The first-order valence-electron chi connectivity index (χ1n) is 4.44. The minimum atomic E-state index is -0.488. The number of hydrogen-bond acceptors (Lipinski definition) is 4. The summed E-state index contributed by atoms with van der Waals surface area (Å²) in [4.78, 5) is 22.4. The number of nitrogens with zero attached hydrogens (tertiary/aromatic N) is 1. The molecule has 1 aliphatic heterocycles. The van der Waals surface area contributed by atoms with E-state index in [9.17, 15) is 14.7 Å². The molecule has 0 aromatic heterocycles. The van der Waals surface area contributed by atoms with Crippen molar-refractivity contribution in [2.45, 2.75) is 18.6 Å². The largest absolute Gasteiger partial charge is 0.391 e. The van der Waals surface area contributed by atoms with Crippen LogP contribution in [0.5, 0.6) is 0 Å². The molecular formula is C9H14N2O3. The maximum atomic E-state index is 10.7. The fourth-order valence-corrected chi connectivity index (χ4v) is 1.60. The highest BCUT2D eigenvalue weighted by molar-refractivity contribution is 5.59. The molecular weight excluding hydrogens is 184 g/mol. The average molecular weight is 198 g/mol. The van der Waals surface area contributed by atoms with Crippen molar-refractivity contribution >= 4 is 12.7 Å². The van der Waals surface area contributed by atoms with Gasteiger partial charge in [-0.1, -0.05) is 6.58 Å². The summed E-state index contributed by atoms with van der Waals surface area (Å²) in [6.07, 6.45) is 1.32. The van der Waals surface area contributed by atoms with Crippen LogP contribution in [-0.2, 0) is 9.59 Å². The number of amides is 1. The first-order chi connectivity index (χ1) is 6.69. The molecule has 0 aliphatic carbocycles. The number of aliphatic hydroxyl groups excluding tert-OH is 1. The van der Waals surface area contributed by atoms with E-state index >= 15 is 0 Å². The van der Waals surface area contributed by atoms with Gasteiger partial charge in [-0.05, 0) is 0 Å². The van der Waals surface area contributed by atoms with Crippen molar-refractivity contribution in [1.82, 2.24) is 10.2 Å². The van der Waals surface area contributed by atoms with Crippen LogP contribution in [0.25, 0.3) is 0 Å². The van der Waals surface area contributed by atoms with E-state index in [1.807, 2.05) is 0 Å². The zero-order chi connectivity index (χ0) is 10.6. The maximum absolute atomic E-state index is 10.7. The molecule has 2 atom stereocenters. The van der Waals surface area contributed by atoms with Crippen LogP contribution >= 0.6 is 0 Å². The standard InChI is InChI=1S/C9H14N2O3/c1-7(3-10-6-13)11-4-9(14)2-8(11)5-12/h5-6,8-9,14H,1-4H2,(H,10,13)/t8-,9-/m0/s1. The number of carbonyl (C=O) groups excluding carboxylic acids is 2. The lowest BCUT2D eigenvalue weighted by molar-refractivity contribution is -0.111. The highest BCUT2D eigenvalue weighted by atomic mass is 16.3. The normalized spacial score (nSPS) is 25.9. The van der Waals surface area contributed by atoms with Gasteiger partial charge in [0.15, 0.2) is 0 Å². The summed E-state index contributed by atoms with van der Waals surface area (Å²) in [6.45, 7) is 4.45. The molecule has 5 heteroatoms. The van der Waals surface area contributed by atoms with Gasteiger partial charge in [-0.25, -0.2) is 0 Å². The molecule has 1 fully saturated rings. The lowest BCUT2D eigenvalue weighted by Crippen LogP contribution is -2.34. The van der Waals surface area contributed by atoms with Crippen molar-refractivity contribution in [2.75, 3.05) is 13.1 Å². The number of aldehydes is 1. The second-order valence-corrected chi connectivity index (χ2v) is 3.31. The SMILES string of the molecule is C=C(CNC=O)N1C[C@@H](O)C[C@H]1C=O. The number of nitrogens with one attached hydrogen (secondary N) is 1. The Balaban J connectivity index is 2.52. The molecule has 5 nitrogen and oxygen atoms in total. The van der Waals surface area contributed by atoms with E-state index in [-0.39, 0.29) is 6.04 Å². The van der Waals surface area contributed by atoms with Gasteiger partial charge in [0.05, 0.1) is 18.7 Å². The third kappa shape index (κ3) is 2.32. The summed E-state index contributed by atoms with van der Waals surface area (Å²) in [5, 5.41) is 11.8. The molecule has 0 spiro atoms. The topological polar surface area (TPSA) is 69.6 Å². The van der Waals surface area contributed by atoms with E-state index in [0.29, 0.717) is 31.6 Å². The van der Waals surface area contributed by atoms with E-state index in [0.717, 1.165) is 6.29 Å². The zero-order valence-corrected chi connectivity index (χ0v) is 7.85. The number of rotatable bonds is 5. The molecule has 1 aliphatic rings. The fourth-order valence-electron chi connectivity index (χ4n) is 1.60. The number of carbonyl (C=O) groups is 2. The Bertz CT molecular complexity index is 242. The van der Waals surface area contributed by atoms with Gasteiger partial charge >= 0.3 is 0 Å². The highest BCUT2D eigenvalue weighted by Crippen LogP contribution is 2.19. The molecule has 1 heterocycles. The minimum absolute atomic E-state index is 0.306. The number of likely N-dealkylation sites (tertiary alicyclic amines) is 1. The van der Waals surface area contributed by atoms with Crippen LogP contribution in [0, 0.1) is 0 Å². The summed E-state index contributed by atoms with van der Waals surface area (Å²) in [6, 6.07) is -0.314. The second-order valence-electron chi connectivity index (χ2n) is 3.31. The number of hydrogen-bond donors (Lipinski definition) is 2. The van der Waals surface area contributed by atoms with Gasteiger partial charge in [0.25, 0.3) is 0 Å². The van der Waals surface area contributed by atoms with Crippen LogP contribution in [0.4, 0.5) is 0 Å². The van der Waals surface area contributed by atoms with Crippen LogP contribution in [0.1, 0.15) is 6.42 Å². The van der Waals surface area contributed by atoms with Gasteiger partial charge in [0.2, 0.25) is 6.41 Å². The van der Waals surface area contributed by atoms with Crippen molar-refractivity contribution < 1.29 is 14.7 Å². The van der Waals surface area contributed by atoms with Gasteiger partial charge in [0.1, 0.15) is 6.29 Å². The molecule has 1 saturated heterocycles. The lowest BCUT2D eigenvalue weighted by atomic mass is 10.2. The lowest BCUT2D eigenvalue weighted by Gasteiger charge is -2.24. The summed E-state index contributed by atoms with van der Waals surface area (Å²) < 4.78 is 0. The van der Waals surface area contributed by atoms with Crippen molar-refractivity contribution in [3.05, 3.63) is 12.3 Å². The van der Waals surface area contributed by atoms with Crippen molar-refractivity contribution in [3.63, 3.8) is 0 Å². The molecule has 0 aromatic rings. The molecule has 78 valence electrons. The van der Waals surface area contributed by atoms with Crippen molar-refractivity contribution in [1.29, 1.82) is 0 Å². The molecule has 14 heavy (non-hydrogen) atoms. The summed E-state index contributed by atoms with van der Waals surface area (Å²) in [5.41, 5.74) is 0.644.